The molecule has 1 aliphatic rings. The van der Waals surface area contributed by atoms with E-state index in [0.29, 0.717) is 5.56 Å². The van der Waals surface area contributed by atoms with E-state index < -0.39 is 17.5 Å². The van der Waals surface area contributed by atoms with Gasteiger partial charge < -0.3 is 14.9 Å². The van der Waals surface area contributed by atoms with E-state index in [2.05, 4.69) is 20.8 Å². The van der Waals surface area contributed by atoms with Gasteiger partial charge in [0.25, 0.3) is 0 Å². The van der Waals surface area contributed by atoms with Crippen LogP contribution < -0.4 is 0 Å². The van der Waals surface area contributed by atoms with Crippen molar-refractivity contribution < 1.29 is 24.5 Å². The first-order valence-corrected chi connectivity index (χ1v) is 9.19. The molecule has 144 valence electrons. The van der Waals surface area contributed by atoms with Gasteiger partial charge in [0.2, 0.25) is 0 Å². The fourth-order valence-corrected chi connectivity index (χ4v) is 3.87. The van der Waals surface area contributed by atoms with Crippen LogP contribution in [0.5, 0.6) is 0 Å². The van der Waals surface area contributed by atoms with Crippen LogP contribution in [0.4, 0.5) is 0 Å². The number of hydrogen-bond donors (Lipinski definition) is 2. The van der Waals surface area contributed by atoms with Crippen molar-refractivity contribution >= 4 is 11.9 Å². The number of carbonyl (C=O) groups is 2. The lowest BCUT2D eigenvalue weighted by Gasteiger charge is -2.39. The maximum Gasteiger partial charge on any atom is 0.338 e. The molecule has 0 aromatic heterocycles. The minimum absolute atomic E-state index is 0.0222. The summed E-state index contributed by atoms with van der Waals surface area (Å²) in [6.45, 7) is 8.29. The van der Waals surface area contributed by atoms with Gasteiger partial charge in [-0.3, -0.25) is 4.79 Å². The van der Waals surface area contributed by atoms with Crippen molar-refractivity contribution in [2.45, 2.75) is 70.8 Å². The van der Waals surface area contributed by atoms with Gasteiger partial charge in [-0.05, 0) is 48.3 Å². The first-order valence-electron chi connectivity index (χ1n) is 9.19. The highest BCUT2D eigenvalue weighted by Gasteiger charge is 2.45. The van der Waals surface area contributed by atoms with E-state index in [1.165, 1.54) is 25.3 Å². The summed E-state index contributed by atoms with van der Waals surface area (Å²) in [5, 5.41) is 18.7. The summed E-state index contributed by atoms with van der Waals surface area (Å²) < 4.78 is 5.19. The Balaban J connectivity index is 1.96. The summed E-state index contributed by atoms with van der Waals surface area (Å²) in [6.07, 6.45) is 3.25. The fraction of sp³-hybridized carbons (Fsp3) is 0.619. The Hall–Kier alpha value is -1.88. The van der Waals surface area contributed by atoms with Gasteiger partial charge in [0.1, 0.15) is 0 Å². The lowest BCUT2D eigenvalue weighted by molar-refractivity contribution is -0.142. The molecule has 26 heavy (non-hydrogen) atoms. The maximum absolute atomic E-state index is 12.2. The number of carboxylic acid groups (broad SMARTS) is 1. The molecule has 0 bridgehead atoms. The summed E-state index contributed by atoms with van der Waals surface area (Å²) in [4.78, 5) is 22.9. The van der Waals surface area contributed by atoms with E-state index in [4.69, 9.17) is 9.84 Å². The van der Waals surface area contributed by atoms with Gasteiger partial charge in [0, 0.05) is 6.42 Å². The van der Waals surface area contributed by atoms with Gasteiger partial charge in [-0.25, -0.2) is 4.79 Å². The number of benzene rings is 1. The molecule has 0 aliphatic heterocycles. The Morgan fingerprint density at radius 3 is 2.27 bits per heavy atom. The van der Waals surface area contributed by atoms with Crippen LogP contribution in [0.2, 0.25) is 0 Å². The summed E-state index contributed by atoms with van der Waals surface area (Å²) in [5.74, 6) is -1.54. The SMILES string of the molecule is CC1(C)CCC[C@]1(C)c1ccc(C(=O)OCC[C@@](C)(O)CC(=O)O)cc1. The van der Waals surface area contributed by atoms with Crippen molar-refractivity contribution in [2.24, 2.45) is 5.41 Å². The highest BCUT2D eigenvalue weighted by atomic mass is 16.5. The Morgan fingerprint density at radius 1 is 1.15 bits per heavy atom. The van der Waals surface area contributed by atoms with Crippen molar-refractivity contribution in [1.29, 1.82) is 0 Å². The maximum atomic E-state index is 12.2. The van der Waals surface area contributed by atoms with Crippen molar-refractivity contribution in [2.75, 3.05) is 6.61 Å². The number of ether oxygens (including phenoxy) is 1. The Labute approximate surface area is 155 Å². The van der Waals surface area contributed by atoms with Gasteiger partial charge in [-0.1, -0.05) is 39.3 Å². The molecule has 2 atom stereocenters. The molecule has 0 amide bonds. The van der Waals surface area contributed by atoms with Gasteiger partial charge >= 0.3 is 11.9 Å². The second kappa shape index (κ2) is 7.39. The topological polar surface area (TPSA) is 83.8 Å². The predicted molar refractivity (Wildman–Crippen MR) is 99.2 cm³/mol. The molecule has 1 saturated carbocycles. The van der Waals surface area contributed by atoms with Crippen molar-refractivity contribution in [3.8, 4) is 0 Å². The molecule has 5 nitrogen and oxygen atoms in total. The summed E-state index contributed by atoms with van der Waals surface area (Å²) >= 11 is 0. The van der Waals surface area contributed by atoms with Crippen LogP contribution >= 0.6 is 0 Å². The molecule has 1 aromatic carbocycles. The second-order valence-corrected chi connectivity index (χ2v) is 8.60. The first-order chi connectivity index (χ1) is 12.0. The standard InChI is InChI=1S/C21H30O5/c1-19(2)10-5-11-21(19,4)16-8-6-15(7-9-16)18(24)26-13-12-20(3,25)14-17(22)23/h6-9,25H,5,10-14H2,1-4H3,(H,22,23)/t20-,21-/m1/s1. The predicted octanol–water partition coefficient (Wildman–Crippen LogP) is 3.93. The third-order valence-corrected chi connectivity index (χ3v) is 6.14. The number of aliphatic hydroxyl groups is 1. The highest BCUT2D eigenvalue weighted by Crippen LogP contribution is 2.53. The average Bonchev–Trinajstić information content (AvgIpc) is 2.80. The van der Waals surface area contributed by atoms with Crippen molar-refractivity contribution in [1.82, 2.24) is 0 Å². The molecule has 1 aromatic rings. The Kier molecular flexibility index (Phi) is 5.81. The lowest BCUT2D eigenvalue weighted by atomic mass is 9.65. The van der Waals surface area contributed by atoms with E-state index in [-0.39, 0.29) is 30.3 Å². The van der Waals surface area contributed by atoms with Crippen LogP contribution in [0.15, 0.2) is 24.3 Å². The summed E-state index contributed by atoms with van der Waals surface area (Å²) in [5.41, 5.74) is 0.640. The monoisotopic (exact) mass is 362 g/mol. The van der Waals surface area contributed by atoms with E-state index in [0.717, 1.165) is 6.42 Å². The lowest BCUT2D eigenvalue weighted by Crippen LogP contribution is -2.34. The molecule has 5 heteroatoms. The molecular weight excluding hydrogens is 332 g/mol. The molecule has 2 N–H and O–H groups in total. The minimum Gasteiger partial charge on any atom is -0.481 e. The van der Waals surface area contributed by atoms with Gasteiger partial charge in [0.05, 0.1) is 24.2 Å². The molecule has 0 heterocycles. The molecule has 1 aliphatic carbocycles. The van der Waals surface area contributed by atoms with Crippen LogP contribution in [0.1, 0.15) is 75.7 Å². The minimum atomic E-state index is -1.39. The van der Waals surface area contributed by atoms with E-state index in [1.54, 1.807) is 12.1 Å². The van der Waals surface area contributed by atoms with Crippen LogP contribution in [0.3, 0.4) is 0 Å². The Bertz CT molecular complexity index is 659. The first kappa shape index (κ1) is 20.4. The molecule has 0 unspecified atom stereocenters. The summed E-state index contributed by atoms with van der Waals surface area (Å²) in [7, 11) is 0. The van der Waals surface area contributed by atoms with Crippen molar-refractivity contribution in [3.63, 3.8) is 0 Å². The second-order valence-electron chi connectivity index (χ2n) is 8.60. The Morgan fingerprint density at radius 2 is 1.77 bits per heavy atom. The van der Waals surface area contributed by atoms with Crippen LogP contribution in [-0.4, -0.2) is 34.4 Å². The molecule has 1 fully saturated rings. The van der Waals surface area contributed by atoms with Crippen LogP contribution in [0.25, 0.3) is 0 Å². The number of hydrogen-bond acceptors (Lipinski definition) is 4. The van der Waals surface area contributed by atoms with E-state index in [1.807, 2.05) is 12.1 Å². The fourth-order valence-electron chi connectivity index (χ4n) is 3.87. The number of carboxylic acids is 1. The molecule has 2 rings (SSSR count). The third kappa shape index (κ3) is 4.44. The number of aliphatic carboxylic acids is 1. The number of rotatable bonds is 7. The smallest absolute Gasteiger partial charge is 0.338 e. The van der Waals surface area contributed by atoms with E-state index in [9.17, 15) is 14.7 Å². The van der Waals surface area contributed by atoms with E-state index >= 15 is 0 Å². The average molecular weight is 362 g/mol. The van der Waals surface area contributed by atoms with Gasteiger partial charge in [0.15, 0.2) is 0 Å². The molecule has 0 saturated heterocycles. The normalized spacial score (nSPS) is 24.0. The zero-order valence-electron chi connectivity index (χ0n) is 16.2. The van der Waals surface area contributed by atoms with Crippen LogP contribution in [0, 0.1) is 5.41 Å². The third-order valence-electron chi connectivity index (χ3n) is 6.14. The molecule has 0 radical (unpaired) electrons. The van der Waals surface area contributed by atoms with Gasteiger partial charge in [-0.2, -0.15) is 0 Å². The van der Waals surface area contributed by atoms with Gasteiger partial charge in [-0.15, -0.1) is 0 Å². The zero-order chi connectivity index (χ0) is 19.6. The van der Waals surface area contributed by atoms with Crippen LogP contribution in [-0.2, 0) is 14.9 Å². The summed E-state index contributed by atoms with van der Waals surface area (Å²) in [6, 6.07) is 7.58. The molecular formula is C21H30O5. The quantitative estimate of drug-likeness (QED) is 0.718. The largest absolute Gasteiger partial charge is 0.481 e. The van der Waals surface area contributed by atoms with Crippen molar-refractivity contribution in [3.05, 3.63) is 35.4 Å². The molecule has 0 spiro atoms. The number of esters is 1. The highest BCUT2D eigenvalue weighted by molar-refractivity contribution is 5.89. The zero-order valence-corrected chi connectivity index (χ0v) is 16.2. The number of carbonyl (C=O) groups excluding carboxylic acids is 1.